The van der Waals surface area contributed by atoms with Crippen LogP contribution in [0.3, 0.4) is 0 Å². The van der Waals surface area contributed by atoms with Crippen molar-refractivity contribution in [1.82, 2.24) is 9.97 Å². The standard InChI is InChI=1S/C19H18N6O3S/c1-24-15-6-4-3-5-14(15)18(26)25(2)17-16(24)11-21-19(22-17)23-29(27,28)13-9-7-12(20)8-10-13/h3-11H,20H2,1-2H3,(H,21,22,23). The zero-order valence-corrected chi connectivity index (χ0v) is 16.5. The van der Waals surface area contributed by atoms with Gasteiger partial charge in [-0.05, 0) is 36.4 Å². The largest absolute Gasteiger partial charge is 0.399 e. The second-order valence-electron chi connectivity index (χ2n) is 6.52. The third kappa shape index (κ3) is 3.23. The number of benzene rings is 2. The van der Waals surface area contributed by atoms with E-state index in [0.29, 0.717) is 28.4 Å². The average Bonchev–Trinajstić information content (AvgIpc) is 2.78. The molecule has 0 fully saturated rings. The highest BCUT2D eigenvalue weighted by Gasteiger charge is 2.29. The molecule has 0 spiro atoms. The number of nitrogen functional groups attached to an aromatic ring is 1. The van der Waals surface area contributed by atoms with Crippen molar-refractivity contribution in [2.45, 2.75) is 4.90 Å². The van der Waals surface area contributed by atoms with Gasteiger partial charge in [-0.3, -0.25) is 9.69 Å². The van der Waals surface area contributed by atoms with Gasteiger partial charge in [-0.2, -0.15) is 4.98 Å². The minimum Gasteiger partial charge on any atom is -0.399 e. The molecule has 148 valence electrons. The Morgan fingerprint density at radius 3 is 2.38 bits per heavy atom. The maximum atomic E-state index is 12.9. The molecule has 2 aromatic carbocycles. The molecule has 9 nitrogen and oxygen atoms in total. The average molecular weight is 410 g/mol. The normalized spacial score (nSPS) is 13.5. The van der Waals surface area contributed by atoms with Crippen LogP contribution in [0, 0.1) is 0 Å². The van der Waals surface area contributed by atoms with Crippen molar-refractivity contribution in [3.63, 3.8) is 0 Å². The van der Waals surface area contributed by atoms with Crippen LogP contribution in [0.2, 0.25) is 0 Å². The van der Waals surface area contributed by atoms with Crippen molar-refractivity contribution in [1.29, 1.82) is 0 Å². The van der Waals surface area contributed by atoms with Crippen LogP contribution in [-0.2, 0) is 10.0 Å². The van der Waals surface area contributed by atoms with Gasteiger partial charge < -0.3 is 10.6 Å². The first-order valence-corrected chi connectivity index (χ1v) is 10.1. The Hall–Kier alpha value is -3.66. The molecule has 0 atom stereocenters. The fourth-order valence-electron chi connectivity index (χ4n) is 3.08. The van der Waals surface area contributed by atoms with Crippen molar-refractivity contribution < 1.29 is 13.2 Å². The number of sulfonamides is 1. The number of aromatic nitrogens is 2. The molecule has 0 unspecified atom stereocenters. The number of hydrogen-bond acceptors (Lipinski definition) is 7. The summed E-state index contributed by atoms with van der Waals surface area (Å²) in [6.07, 6.45) is 1.48. The molecule has 0 saturated heterocycles. The van der Waals surface area contributed by atoms with Gasteiger partial charge in [-0.25, -0.2) is 18.1 Å². The lowest BCUT2D eigenvalue weighted by atomic mass is 10.1. The maximum Gasteiger partial charge on any atom is 0.264 e. The summed E-state index contributed by atoms with van der Waals surface area (Å²) in [6, 6.07) is 12.9. The second-order valence-corrected chi connectivity index (χ2v) is 8.20. The first kappa shape index (κ1) is 18.7. The van der Waals surface area contributed by atoms with Gasteiger partial charge in [0.15, 0.2) is 5.82 Å². The van der Waals surface area contributed by atoms with Crippen molar-refractivity contribution in [2.24, 2.45) is 0 Å². The summed E-state index contributed by atoms with van der Waals surface area (Å²) < 4.78 is 27.6. The molecule has 10 heteroatoms. The highest BCUT2D eigenvalue weighted by atomic mass is 32.2. The molecule has 3 aromatic rings. The number of fused-ring (bicyclic) bond motifs is 2. The number of carbonyl (C=O) groups is 1. The van der Waals surface area contributed by atoms with Crippen LogP contribution in [0.1, 0.15) is 10.4 Å². The van der Waals surface area contributed by atoms with Gasteiger partial charge in [0.2, 0.25) is 5.95 Å². The predicted molar refractivity (Wildman–Crippen MR) is 111 cm³/mol. The molecule has 1 aliphatic rings. The van der Waals surface area contributed by atoms with Crippen LogP contribution in [0.25, 0.3) is 0 Å². The topological polar surface area (TPSA) is 122 Å². The van der Waals surface area contributed by atoms with Gasteiger partial charge in [0.05, 0.1) is 22.3 Å². The third-order valence-electron chi connectivity index (χ3n) is 4.65. The van der Waals surface area contributed by atoms with Crippen LogP contribution in [0.15, 0.2) is 59.6 Å². The van der Waals surface area contributed by atoms with Crippen LogP contribution in [-0.4, -0.2) is 38.4 Å². The van der Waals surface area contributed by atoms with Crippen molar-refractivity contribution in [3.05, 3.63) is 60.3 Å². The van der Waals surface area contributed by atoms with E-state index >= 15 is 0 Å². The van der Waals surface area contributed by atoms with Crippen molar-refractivity contribution in [3.8, 4) is 0 Å². The predicted octanol–water partition coefficient (Wildman–Crippen LogP) is 2.22. The summed E-state index contributed by atoms with van der Waals surface area (Å²) in [5.74, 6) is -0.101. The number of nitrogens with one attached hydrogen (secondary N) is 1. The minimum absolute atomic E-state index is 0.0270. The highest BCUT2D eigenvalue weighted by Crippen LogP contribution is 2.37. The lowest BCUT2D eigenvalue weighted by Gasteiger charge is -2.21. The first-order valence-electron chi connectivity index (χ1n) is 8.64. The first-order chi connectivity index (χ1) is 13.8. The molecule has 3 N–H and O–H groups in total. The zero-order chi connectivity index (χ0) is 20.8. The number of nitrogens with two attached hydrogens (primary N) is 1. The van der Waals surface area contributed by atoms with Gasteiger partial charge in [-0.15, -0.1) is 0 Å². The van der Waals surface area contributed by atoms with E-state index in [9.17, 15) is 13.2 Å². The van der Waals surface area contributed by atoms with E-state index < -0.39 is 10.0 Å². The number of carbonyl (C=O) groups excluding carboxylic acids is 1. The van der Waals surface area contributed by atoms with Crippen LogP contribution >= 0.6 is 0 Å². The number of rotatable bonds is 3. The molecule has 0 aliphatic carbocycles. The molecular formula is C19H18N6O3S. The number of hydrogen-bond donors (Lipinski definition) is 2. The third-order valence-corrected chi connectivity index (χ3v) is 5.99. The molecule has 1 aliphatic heterocycles. The minimum atomic E-state index is -3.91. The van der Waals surface area contributed by atoms with Gasteiger partial charge in [0.1, 0.15) is 5.69 Å². The second kappa shape index (κ2) is 6.74. The fraction of sp³-hybridized carbons (Fsp3) is 0.105. The Morgan fingerprint density at radius 2 is 1.66 bits per heavy atom. The summed E-state index contributed by atoms with van der Waals surface area (Å²) in [7, 11) is -0.529. The summed E-state index contributed by atoms with van der Waals surface area (Å²) in [6.45, 7) is 0. The van der Waals surface area contributed by atoms with E-state index in [0.717, 1.165) is 0 Å². The number of nitrogens with zero attached hydrogens (tertiary/aromatic N) is 4. The molecular weight excluding hydrogens is 392 g/mol. The maximum absolute atomic E-state index is 12.9. The Balaban J connectivity index is 1.74. The summed E-state index contributed by atoms with van der Waals surface area (Å²) in [5.41, 5.74) is 7.86. The molecule has 1 amide bonds. The molecule has 0 saturated carbocycles. The number of amides is 1. The van der Waals surface area contributed by atoms with Crippen LogP contribution < -0.4 is 20.3 Å². The molecule has 0 bridgehead atoms. The SMILES string of the molecule is CN1C(=O)c2ccccc2N(C)c2cnc(NS(=O)(=O)c3ccc(N)cc3)nc21. The smallest absolute Gasteiger partial charge is 0.264 e. The van der Waals surface area contributed by atoms with Crippen LogP contribution in [0.5, 0.6) is 0 Å². The molecule has 0 radical (unpaired) electrons. The van der Waals surface area contributed by atoms with E-state index in [2.05, 4.69) is 14.7 Å². The molecule has 4 rings (SSSR count). The monoisotopic (exact) mass is 410 g/mol. The van der Waals surface area contributed by atoms with Gasteiger partial charge in [-0.1, -0.05) is 12.1 Å². The Bertz CT molecular complexity index is 1210. The summed E-state index contributed by atoms with van der Waals surface area (Å²) in [4.78, 5) is 24.5. The van der Waals surface area contributed by atoms with Crippen molar-refractivity contribution >= 4 is 44.8 Å². The lowest BCUT2D eigenvalue weighted by molar-refractivity contribution is 0.0993. The summed E-state index contributed by atoms with van der Waals surface area (Å²) in [5, 5.41) is 0. The van der Waals surface area contributed by atoms with Crippen LogP contribution in [0.4, 0.5) is 28.8 Å². The van der Waals surface area contributed by atoms with Gasteiger partial charge in [0.25, 0.3) is 15.9 Å². The fourth-order valence-corrected chi connectivity index (χ4v) is 4.03. The molecule has 2 heterocycles. The van der Waals surface area contributed by atoms with E-state index in [1.807, 2.05) is 12.1 Å². The van der Waals surface area contributed by atoms with Gasteiger partial charge in [0, 0.05) is 19.8 Å². The van der Waals surface area contributed by atoms with E-state index in [1.54, 1.807) is 31.1 Å². The molecule has 1 aromatic heterocycles. The summed E-state index contributed by atoms with van der Waals surface area (Å²) >= 11 is 0. The highest BCUT2D eigenvalue weighted by molar-refractivity contribution is 7.92. The van der Waals surface area contributed by atoms with Gasteiger partial charge >= 0.3 is 0 Å². The molecule has 29 heavy (non-hydrogen) atoms. The Morgan fingerprint density at radius 1 is 0.966 bits per heavy atom. The Labute approximate surface area is 167 Å². The number of para-hydroxylation sites is 1. The van der Waals surface area contributed by atoms with E-state index in [4.69, 9.17) is 5.73 Å². The zero-order valence-electron chi connectivity index (χ0n) is 15.7. The Kier molecular flexibility index (Phi) is 4.35. The van der Waals surface area contributed by atoms with Crippen molar-refractivity contribution in [2.75, 3.05) is 34.4 Å². The number of anilines is 5. The van der Waals surface area contributed by atoms with E-state index in [1.165, 1.54) is 35.4 Å². The van der Waals surface area contributed by atoms with E-state index in [-0.39, 0.29) is 16.8 Å². The quantitative estimate of drug-likeness (QED) is 0.635. The lowest BCUT2D eigenvalue weighted by Crippen LogP contribution is -2.27.